The minimum absolute atomic E-state index is 0.114. The van der Waals surface area contributed by atoms with E-state index in [2.05, 4.69) is 10.1 Å². The number of urea groups is 1. The molecule has 1 atom stereocenters. The van der Waals surface area contributed by atoms with Crippen molar-refractivity contribution in [2.45, 2.75) is 38.4 Å². The SMILES string of the molecule is CCC1(C)C(=O)NC(=O)N1CCCOCC(F)(F)F. The third-order valence-electron chi connectivity index (χ3n) is 3.18. The summed E-state index contributed by atoms with van der Waals surface area (Å²) < 4.78 is 39.9. The second kappa shape index (κ2) is 5.77. The molecule has 1 heterocycles. The zero-order valence-electron chi connectivity index (χ0n) is 10.8. The molecule has 110 valence electrons. The quantitative estimate of drug-likeness (QED) is 0.595. The van der Waals surface area contributed by atoms with Crippen LogP contribution in [0.25, 0.3) is 0 Å². The summed E-state index contributed by atoms with van der Waals surface area (Å²) in [5, 5.41) is 2.20. The van der Waals surface area contributed by atoms with Crippen molar-refractivity contribution in [2.75, 3.05) is 19.8 Å². The zero-order valence-corrected chi connectivity index (χ0v) is 10.8. The van der Waals surface area contributed by atoms with Crippen LogP contribution in [-0.4, -0.2) is 48.3 Å². The van der Waals surface area contributed by atoms with E-state index >= 15 is 0 Å². The summed E-state index contributed by atoms with van der Waals surface area (Å²) in [6.07, 6.45) is -3.67. The van der Waals surface area contributed by atoms with Gasteiger partial charge in [-0.15, -0.1) is 0 Å². The Hall–Kier alpha value is -1.31. The number of amides is 3. The Kier molecular flexibility index (Phi) is 4.78. The maximum Gasteiger partial charge on any atom is 0.411 e. The first kappa shape index (κ1) is 15.7. The fourth-order valence-corrected chi connectivity index (χ4v) is 1.86. The average Bonchev–Trinajstić information content (AvgIpc) is 2.50. The van der Waals surface area contributed by atoms with Gasteiger partial charge >= 0.3 is 12.2 Å². The Labute approximate surface area is 109 Å². The first-order chi connectivity index (χ1) is 8.70. The van der Waals surface area contributed by atoms with E-state index in [4.69, 9.17) is 0 Å². The van der Waals surface area contributed by atoms with Gasteiger partial charge in [-0.1, -0.05) is 6.92 Å². The summed E-state index contributed by atoms with van der Waals surface area (Å²) in [6.45, 7) is 2.16. The van der Waals surface area contributed by atoms with E-state index in [1.165, 1.54) is 4.90 Å². The molecule has 1 unspecified atom stereocenters. The van der Waals surface area contributed by atoms with E-state index in [0.29, 0.717) is 6.42 Å². The average molecular weight is 282 g/mol. The van der Waals surface area contributed by atoms with Crippen LogP contribution in [0.1, 0.15) is 26.7 Å². The third-order valence-corrected chi connectivity index (χ3v) is 3.18. The molecule has 0 saturated carbocycles. The Bertz CT molecular complexity index is 360. The maximum atomic E-state index is 11.8. The predicted octanol–water partition coefficient (Wildman–Crippen LogP) is 1.68. The van der Waals surface area contributed by atoms with Crippen molar-refractivity contribution in [1.82, 2.24) is 10.2 Å². The van der Waals surface area contributed by atoms with Crippen LogP contribution in [-0.2, 0) is 9.53 Å². The van der Waals surface area contributed by atoms with Crippen LogP contribution in [0.3, 0.4) is 0 Å². The van der Waals surface area contributed by atoms with Gasteiger partial charge in [0.2, 0.25) is 0 Å². The molecule has 0 spiro atoms. The molecule has 19 heavy (non-hydrogen) atoms. The molecule has 0 aliphatic carbocycles. The normalized spacial score (nSPS) is 23.9. The molecule has 3 amide bonds. The summed E-state index contributed by atoms with van der Waals surface area (Å²) in [5.74, 6) is -0.379. The topological polar surface area (TPSA) is 58.6 Å². The third kappa shape index (κ3) is 3.82. The lowest BCUT2D eigenvalue weighted by Gasteiger charge is -2.30. The Morgan fingerprint density at radius 2 is 2.00 bits per heavy atom. The van der Waals surface area contributed by atoms with Crippen molar-refractivity contribution in [3.05, 3.63) is 0 Å². The number of hydrogen-bond acceptors (Lipinski definition) is 3. The number of carbonyl (C=O) groups excluding carboxylic acids is 2. The summed E-state index contributed by atoms with van der Waals surface area (Å²) >= 11 is 0. The lowest BCUT2D eigenvalue weighted by atomic mass is 9.97. The Balaban J connectivity index is 2.40. The van der Waals surface area contributed by atoms with Crippen LogP contribution in [0.15, 0.2) is 0 Å². The van der Waals surface area contributed by atoms with Crippen molar-refractivity contribution >= 4 is 11.9 Å². The maximum absolute atomic E-state index is 11.8. The fourth-order valence-electron chi connectivity index (χ4n) is 1.86. The highest BCUT2D eigenvalue weighted by molar-refractivity contribution is 6.06. The van der Waals surface area contributed by atoms with E-state index in [1.807, 2.05) is 0 Å². The predicted molar refractivity (Wildman–Crippen MR) is 60.4 cm³/mol. The molecule has 1 aliphatic heterocycles. The van der Waals surface area contributed by atoms with Gasteiger partial charge in [-0.3, -0.25) is 10.1 Å². The standard InChI is InChI=1S/C11H17F3N2O3/c1-3-10(2)8(17)15-9(18)16(10)5-4-6-19-7-11(12,13)14/h3-7H2,1-2H3,(H,15,17,18). The highest BCUT2D eigenvalue weighted by atomic mass is 19.4. The Morgan fingerprint density at radius 3 is 2.53 bits per heavy atom. The number of halogens is 3. The van der Waals surface area contributed by atoms with Crippen LogP contribution in [0.4, 0.5) is 18.0 Å². The van der Waals surface area contributed by atoms with Gasteiger partial charge in [0.15, 0.2) is 0 Å². The van der Waals surface area contributed by atoms with Crippen LogP contribution >= 0.6 is 0 Å². The largest absolute Gasteiger partial charge is 0.411 e. The lowest BCUT2D eigenvalue weighted by Crippen LogP contribution is -2.47. The molecule has 1 N–H and O–H groups in total. The van der Waals surface area contributed by atoms with Gasteiger partial charge in [-0.05, 0) is 19.8 Å². The second-order valence-electron chi connectivity index (χ2n) is 4.56. The number of alkyl halides is 3. The molecule has 1 saturated heterocycles. The van der Waals surface area contributed by atoms with Crippen LogP contribution in [0, 0.1) is 0 Å². The minimum atomic E-state index is -4.35. The number of imide groups is 1. The van der Waals surface area contributed by atoms with Gasteiger partial charge in [0.25, 0.3) is 5.91 Å². The highest BCUT2D eigenvalue weighted by Crippen LogP contribution is 2.25. The van der Waals surface area contributed by atoms with Crippen molar-refractivity contribution in [3.63, 3.8) is 0 Å². The van der Waals surface area contributed by atoms with Crippen LogP contribution in [0.2, 0.25) is 0 Å². The highest BCUT2D eigenvalue weighted by Gasteiger charge is 2.47. The number of ether oxygens (including phenoxy) is 1. The molecular weight excluding hydrogens is 265 g/mol. The molecule has 1 rings (SSSR count). The molecule has 5 nitrogen and oxygen atoms in total. The fraction of sp³-hybridized carbons (Fsp3) is 0.818. The molecular formula is C11H17F3N2O3. The Morgan fingerprint density at radius 1 is 1.37 bits per heavy atom. The van der Waals surface area contributed by atoms with E-state index in [-0.39, 0.29) is 25.5 Å². The molecule has 0 aromatic heterocycles. The molecule has 0 aromatic carbocycles. The van der Waals surface area contributed by atoms with Gasteiger partial charge in [-0.25, -0.2) is 4.79 Å². The molecule has 0 radical (unpaired) electrons. The second-order valence-corrected chi connectivity index (χ2v) is 4.56. The molecule has 8 heteroatoms. The van der Waals surface area contributed by atoms with Gasteiger partial charge in [0, 0.05) is 13.2 Å². The summed E-state index contributed by atoms with van der Waals surface area (Å²) in [6, 6.07) is -0.509. The van der Waals surface area contributed by atoms with Crippen molar-refractivity contribution < 1.29 is 27.5 Å². The monoisotopic (exact) mass is 282 g/mol. The smallest absolute Gasteiger partial charge is 0.372 e. The van der Waals surface area contributed by atoms with Gasteiger partial charge in [-0.2, -0.15) is 13.2 Å². The van der Waals surface area contributed by atoms with Crippen molar-refractivity contribution in [1.29, 1.82) is 0 Å². The summed E-state index contributed by atoms with van der Waals surface area (Å²) in [5.41, 5.74) is -0.929. The summed E-state index contributed by atoms with van der Waals surface area (Å²) in [7, 11) is 0. The van der Waals surface area contributed by atoms with E-state index < -0.39 is 24.4 Å². The lowest BCUT2D eigenvalue weighted by molar-refractivity contribution is -0.174. The first-order valence-electron chi connectivity index (χ1n) is 5.98. The zero-order chi connectivity index (χ0) is 14.7. The van der Waals surface area contributed by atoms with Crippen LogP contribution in [0.5, 0.6) is 0 Å². The van der Waals surface area contributed by atoms with Crippen molar-refractivity contribution in [2.24, 2.45) is 0 Å². The number of rotatable bonds is 6. The van der Waals surface area contributed by atoms with E-state index in [0.717, 1.165) is 0 Å². The van der Waals surface area contributed by atoms with E-state index in [9.17, 15) is 22.8 Å². The summed E-state index contributed by atoms with van der Waals surface area (Å²) in [4.78, 5) is 24.5. The number of hydrogen-bond donors (Lipinski definition) is 1. The van der Waals surface area contributed by atoms with Crippen molar-refractivity contribution in [3.8, 4) is 0 Å². The van der Waals surface area contributed by atoms with Gasteiger partial charge in [0.1, 0.15) is 12.1 Å². The number of nitrogens with zero attached hydrogens (tertiary/aromatic N) is 1. The molecule has 0 bridgehead atoms. The number of nitrogens with one attached hydrogen (secondary N) is 1. The van der Waals surface area contributed by atoms with Gasteiger partial charge in [0.05, 0.1) is 0 Å². The van der Waals surface area contributed by atoms with Gasteiger partial charge < -0.3 is 9.64 Å². The first-order valence-corrected chi connectivity index (χ1v) is 5.98. The van der Waals surface area contributed by atoms with Crippen LogP contribution < -0.4 is 5.32 Å². The number of carbonyl (C=O) groups is 2. The molecule has 1 fully saturated rings. The molecule has 0 aromatic rings. The van der Waals surface area contributed by atoms with E-state index in [1.54, 1.807) is 13.8 Å². The minimum Gasteiger partial charge on any atom is -0.372 e. The molecule has 1 aliphatic rings.